The predicted molar refractivity (Wildman–Crippen MR) is 52.5 cm³/mol. The molecule has 0 fully saturated rings. The van der Waals surface area contributed by atoms with Crippen LogP contribution in [0.1, 0.15) is 0 Å². The molecule has 0 atom stereocenters. The van der Waals surface area contributed by atoms with Gasteiger partial charge in [-0.3, -0.25) is 0 Å². The van der Waals surface area contributed by atoms with Crippen LogP contribution in [0.25, 0.3) is 10.8 Å². The Balaban J connectivity index is 0.000000605. The molecule has 0 nitrogen and oxygen atoms in total. The van der Waals surface area contributed by atoms with Gasteiger partial charge in [-0.05, 0) is 10.8 Å². The molecule has 2 radical (unpaired) electrons. The molecule has 0 aliphatic heterocycles. The summed E-state index contributed by atoms with van der Waals surface area (Å²) < 4.78 is 0. The minimum absolute atomic E-state index is 0. The van der Waals surface area contributed by atoms with Crippen LogP contribution in [0.3, 0.4) is 0 Å². The van der Waals surface area contributed by atoms with Crippen LogP contribution in [-0.4, -0.2) is 23.9 Å². The molecule has 0 bridgehead atoms. The number of hydrogen-bond acceptors (Lipinski definition) is 0. The fraction of sp³-hybridized carbons (Fsp3) is 0. The molecule has 1 heteroatoms. The van der Waals surface area contributed by atoms with Crippen molar-refractivity contribution in [3.05, 3.63) is 48.5 Å². The van der Waals surface area contributed by atoms with Crippen LogP contribution < -0.4 is 0 Å². The third-order valence-electron chi connectivity index (χ3n) is 1.66. The van der Waals surface area contributed by atoms with Crippen LogP contribution in [0, 0.1) is 0 Å². The van der Waals surface area contributed by atoms with Crippen LogP contribution in [0.15, 0.2) is 48.5 Å². The molecule has 54 valence electrons. The zero-order valence-electron chi connectivity index (χ0n) is 6.33. The van der Waals surface area contributed by atoms with Gasteiger partial charge in [-0.25, -0.2) is 0 Å². The second-order valence-corrected chi connectivity index (χ2v) is 2.35. The van der Waals surface area contributed by atoms with E-state index in [4.69, 9.17) is 0 Å². The van der Waals surface area contributed by atoms with Crippen molar-refractivity contribution in [2.75, 3.05) is 0 Å². The second kappa shape index (κ2) is 3.77. The Labute approximate surface area is 83.2 Å². The summed E-state index contributed by atoms with van der Waals surface area (Å²) in [5, 5.41) is 2.62. The fourth-order valence-corrected chi connectivity index (χ4v) is 1.13. The predicted octanol–water partition coefficient (Wildman–Crippen LogP) is 1.92. The summed E-state index contributed by atoms with van der Waals surface area (Å²) >= 11 is 0. The van der Waals surface area contributed by atoms with Gasteiger partial charge in [0.25, 0.3) is 0 Å². The largest absolute Gasteiger partial charge is 0.0616 e. The zero-order chi connectivity index (χ0) is 6.81. The number of hydrogen-bond donors (Lipinski definition) is 0. The van der Waals surface area contributed by atoms with Gasteiger partial charge < -0.3 is 0 Å². The summed E-state index contributed by atoms with van der Waals surface area (Å²) in [5.41, 5.74) is 0. The maximum absolute atomic E-state index is 2.12. The van der Waals surface area contributed by atoms with E-state index in [2.05, 4.69) is 48.5 Å². The molecule has 0 amide bonds. The van der Waals surface area contributed by atoms with Gasteiger partial charge in [-0.15, -0.1) is 0 Å². The van der Waals surface area contributed by atoms with E-state index < -0.39 is 0 Å². The van der Waals surface area contributed by atoms with E-state index in [0.29, 0.717) is 0 Å². The van der Waals surface area contributed by atoms with Crippen LogP contribution in [0.2, 0.25) is 0 Å². The summed E-state index contributed by atoms with van der Waals surface area (Å²) in [5.74, 6) is 0. The Bertz CT molecular complexity index is 276. The first-order valence-corrected chi connectivity index (χ1v) is 3.40. The first kappa shape index (κ1) is 8.59. The number of benzene rings is 2. The molecule has 2 aromatic carbocycles. The zero-order valence-corrected chi connectivity index (χ0v) is 10.4. The molecular weight excluding hydrogens is 239 g/mol. The third kappa shape index (κ3) is 1.74. The van der Waals surface area contributed by atoms with Crippen molar-refractivity contribution in [2.45, 2.75) is 0 Å². The maximum atomic E-state index is 2.12. The Morgan fingerprint density at radius 3 is 1.09 bits per heavy atom. The van der Waals surface area contributed by atoms with Gasteiger partial charge in [0.1, 0.15) is 0 Å². The molecule has 0 aromatic heterocycles. The molecule has 0 saturated heterocycles. The van der Waals surface area contributed by atoms with Crippen molar-refractivity contribution in [3.8, 4) is 0 Å². The third-order valence-corrected chi connectivity index (χ3v) is 1.66. The number of fused-ring (bicyclic) bond motifs is 1. The van der Waals surface area contributed by atoms with Gasteiger partial charge in [-0.2, -0.15) is 0 Å². The van der Waals surface area contributed by atoms with Gasteiger partial charge in [0.05, 0.1) is 0 Å². The summed E-state index contributed by atoms with van der Waals surface area (Å²) in [6.07, 6.45) is 0. The van der Waals surface area contributed by atoms with Crippen molar-refractivity contribution in [2.24, 2.45) is 0 Å². The monoisotopic (exact) mass is 250 g/mol. The molecule has 0 aliphatic rings. The van der Waals surface area contributed by atoms with Crippen LogP contribution in [0.4, 0.5) is 0 Å². The van der Waals surface area contributed by atoms with Gasteiger partial charge in [0.2, 0.25) is 0 Å². The van der Waals surface area contributed by atoms with E-state index in [9.17, 15) is 0 Å². The normalized spacial score (nSPS) is 9.09. The average molecular weight is 249 g/mol. The van der Waals surface area contributed by atoms with Crippen molar-refractivity contribution >= 4 is 34.7 Å². The van der Waals surface area contributed by atoms with Gasteiger partial charge in [-0.1, -0.05) is 48.5 Å². The molecule has 0 aliphatic carbocycles. The van der Waals surface area contributed by atoms with E-state index >= 15 is 0 Å². The second-order valence-electron chi connectivity index (χ2n) is 2.35. The Kier molecular flexibility index (Phi) is 2.94. The first-order chi connectivity index (χ1) is 4.97. The molecule has 0 spiro atoms. The average Bonchev–Trinajstić information content (AvgIpc) is 2.05. The smallest absolute Gasteiger partial charge is 0.0184 e. The van der Waals surface area contributed by atoms with E-state index in [1.165, 1.54) is 10.8 Å². The maximum Gasteiger partial charge on any atom is -0.0184 e. The summed E-state index contributed by atoms with van der Waals surface area (Å²) in [4.78, 5) is 0. The van der Waals surface area contributed by atoms with Crippen LogP contribution in [0.5, 0.6) is 0 Å². The van der Waals surface area contributed by atoms with Crippen molar-refractivity contribution in [3.63, 3.8) is 0 Å². The Morgan fingerprint density at radius 2 is 0.818 bits per heavy atom. The molecule has 11 heavy (non-hydrogen) atoms. The summed E-state index contributed by atoms with van der Waals surface area (Å²) in [6, 6.07) is 16.7. The van der Waals surface area contributed by atoms with Crippen molar-refractivity contribution in [1.29, 1.82) is 0 Å². The Hall–Kier alpha value is -0.501. The Morgan fingerprint density at radius 1 is 0.545 bits per heavy atom. The van der Waals surface area contributed by atoms with E-state index in [0.717, 1.165) is 0 Å². The van der Waals surface area contributed by atoms with Crippen LogP contribution in [-0.2, 0) is 0 Å². The molecular formula is C10H10Sn. The van der Waals surface area contributed by atoms with E-state index in [1.54, 1.807) is 0 Å². The molecule has 0 saturated carbocycles. The first-order valence-electron chi connectivity index (χ1n) is 3.40. The summed E-state index contributed by atoms with van der Waals surface area (Å²) in [7, 11) is 0. The SMILES string of the molecule is [SnH2].c1ccc2ccccc2c1. The molecule has 0 N–H and O–H groups in total. The van der Waals surface area contributed by atoms with Crippen molar-refractivity contribution < 1.29 is 0 Å². The van der Waals surface area contributed by atoms with E-state index in [-0.39, 0.29) is 23.9 Å². The topological polar surface area (TPSA) is 0 Å². The number of rotatable bonds is 0. The molecule has 2 rings (SSSR count). The van der Waals surface area contributed by atoms with Gasteiger partial charge in [0.15, 0.2) is 0 Å². The molecule has 0 unspecified atom stereocenters. The van der Waals surface area contributed by atoms with Crippen LogP contribution >= 0.6 is 0 Å². The van der Waals surface area contributed by atoms with E-state index in [1.807, 2.05) is 0 Å². The summed E-state index contributed by atoms with van der Waals surface area (Å²) in [6.45, 7) is 0. The molecule has 2 aromatic rings. The van der Waals surface area contributed by atoms with Crippen molar-refractivity contribution in [1.82, 2.24) is 0 Å². The minimum Gasteiger partial charge on any atom is -0.0616 e. The minimum atomic E-state index is 0. The standard InChI is InChI=1S/C10H8.Sn.2H/c1-2-6-10-8-4-3-7-9(10)5-1;;;/h1-8H;;;. The van der Waals surface area contributed by atoms with Gasteiger partial charge in [0, 0.05) is 0 Å². The van der Waals surface area contributed by atoms with Gasteiger partial charge >= 0.3 is 23.9 Å². The quantitative estimate of drug-likeness (QED) is 0.625. The molecule has 0 heterocycles. The fourth-order valence-electron chi connectivity index (χ4n) is 1.13.